The van der Waals surface area contributed by atoms with Gasteiger partial charge in [0.25, 0.3) is 5.91 Å². The molecule has 1 aromatic carbocycles. The quantitative estimate of drug-likeness (QED) is 0.636. The summed E-state index contributed by atoms with van der Waals surface area (Å²) in [7, 11) is 0. The molecule has 4 rings (SSSR count). The molecule has 0 saturated carbocycles. The van der Waals surface area contributed by atoms with E-state index in [-0.39, 0.29) is 24.6 Å². The van der Waals surface area contributed by atoms with E-state index in [0.29, 0.717) is 31.3 Å². The fraction of sp³-hybridized carbons (Fsp3) is 0.542. The van der Waals surface area contributed by atoms with E-state index < -0.39 is 11.6 Å². The Bertz CT molecular complexity index is 1020. The van der Waals surface area contributed by atoms with Gasteiger partial charge in [-0.25, -0.2) is 10.2 Å². The van der Waals surface area contributed by atoms with Gasteiger partial charge in [0.2, 0.25) is 0 Å². The summed E-state index contributed by atoms with van der Waals surface area (Å²) in [6.45, 7) is 11.3. The van der Waals surface area contributed by atoms with Gasteiger partial charge in [0.15, 0.2) is 5.84 Å². The van der Waals surface area contributed by atoms with Gasteiger partial charge in [-0.3, -0.25) is 4.79 Å². The molecule has 2 atom stereocenters. The van der Waals surface area contributed by atoms with Crippen LogP contribution in [0.25, 0.3) is 6.08 Å². The van der Waals surface area contributed by atoms with Crippen LogP contribution in [0.3, 0.4) is 0 Å². The Morgan fingerprint density at radius 1 is 1.38 bits per heavy atom. The molecule has 1 fully saturated rings. The van der Waals surface area contributed by atoms with E-state index in [0.717, 1.165) is 23.4 Å². The largest absolute Gasteiger partial charge is 0.501 e. The number of amidine groups is 1. The molecule has 0 aliphatic carbocycles. The monoisotopic (exact) mass is 471 g/mol. The molecule has 34 heavy (non-hydrogen) atoms. The number of benzene rings is 1. The Kier molecular flexibility index (Phi) is 6.58. The van der Waals surface area contributed by atoms with E-state index in [4.69, 9.17) is 14.2 Å². The van der Waals surface area contributed by atoms with Crippen LogP contribution in [0.1, 0.15) is 46.6 Å². The number of hydrazone groups is 1. The third-order valence-corrected chi connectivity index (χ3v) is 5.80. The third kappa shape index (κ3) is 5.05. The van der Waals surface area contributed by atoms with Crippen molar-refractivity contribution in [2.75, 3.05) is 36.5 Å². The molecule has 184 valence electrons. The third-order valence-electron chi connectivity index (χ3n) is 5.80. The van der Waals surface area contributed by atoms with Crippen LogP contribution in [0.4, 0.5) is 16.2 Å². The summed E-state index contributed by atoms with van der Waals surface area (Å²) in [5.74, 6) is 1.15. The number of amides is 2. The first kappa shape index (κ1) is 23.7. The first-order chi connectivity index (χ1) is 16.2. The molecule has 2 amide bonds. The highest BCUT2D eigenvalue weighted by Gasteiger charge is 2.36. The Labute approximate surface area is 199 Å². The minimum Gasteiger partial charge on any atom is -0.501 e. The maximum Gasteiger partial charge on any atom is 0.410 e. The topological polar surface area (TPSA) is 105 Å². The summed E-state index contributed by atoms with van der Waals surface area (Å²) in [6.07, 6.45) is 4.02. The Morgan fingerprint density at radius 2 is 2.18 bits per heavy atom. The zero-order valence-electron chi connectivity index (χ0n) is 20.4. The lowest BCUT2D eigenvalue weighted by atomic mass is 10.1. The molecular formula is C24H33N5O5. The molecular weight excluding hydrogens is 438 g/mol. The first-order valence-electron chi connectivity index (χ1n) is 11.7. The molecule has 0 radical (unpaired) electrons. The number of carbonyl (C=O) groups is 2. The maximum absolute atomic E-state index is 12.5. The molecule has 10 nitrogen and oxygen atoms in total. The smallest absolute Gasteiger partial charge is 0.410 e. The number of carbonyl (C=O) groups excluding carboxylic acids is 2. The van der Waals surface area contributed by atoms with Crippen LogP contribution in [0.15, 0.2) is 23.5 Å². The lowest BCUT2D eigenvalue weighted by Gasteiger charge is -2.38. The summed E-state index contributed by atoms with van der Waals surface area (Å²) in [4.78, 5) is 28.4. The Morgan fingerprint density at radius 3 is 2.91 bits per heavy atom. The van der Waals surface area contributed by atoms with Crippen LogP contribution >= 0.6 is 0 Å². The fourth-order valence-corrected chi connectivity index (χ4v) is 4.16. The van der Waals surface area contributed by atoms with Gasteiger partial charge >= 0.3 is 6.09 Å². The number of hydrogen-bond donors (Lipinski definition) is 2. The molecule has 10 heteroatoms. The van der Waals surface area contributed by atoms with E-state index in [9.17, 15) is 9.59 Å². The number of rotatable bonds is 5. The zero-order valence-corrected chi connectivity index (χ0v) is 20.4. The molecule has 1 saturated heterocycles. The van der Waals surface area contributed by atoms with Crippen molar-refractivity contribution in [1.82, 2.24) is 10.3 Å². The van der Waals surface area contributed by atoms with Gasteiger partial charge in [-0.15, -0.1) is 0 Å². The van der Waals surface area contributed by atoms with Gasteiger partial charge in [-0.2, -0.15) is 5.10 Å². The number of anilines is 2. The summed E-state index contributed by atoms with van der Waals surface area (Å²) in [5, 5.41) is 7.74. The number of likely N-dealkylation sites (tertiary alicyclic amines) is 1. The van der Waals surface area contributed by atoms with Crippen molar-refractivity contribution in [2.24, 2.45) is 5.10 Å². The molecule has 3 aliphatic heterocycles. The summed E-state index contributed by atoms with van der Waals surface area (Å²) in [5.41, 5.74) is 4.53. The number of nitrogens with zero attached hydrogens (tertiary/aromatic N) is 3. The maximum atomic E-state index is 12.5. The van der Waals surface area contributed by atoms with Gasteiger partial charge in [-0.1, -0.05) is 0 Å². The Hall–Kier alpha value is -3.43. The molecule has 0 aromatic heterocycles. The van der Waals surface area contributed by atoms with E-state index >= 15 is 0 Å². The first-order valence-corrected chi connectivity index (χ1v) is 11.7. The normalized spacial score (nSPS) is 21.9. The summed E-state index contributed by atoms with van der Waals surface area (Å²) in [6, 6.07) is 3.54. The minimum absolute atomic E-state index is 0.0459. The molecule has 0 bridgehead atoms. The highest BCUT2D eigenvalue weighted by atomic mass is 16.6. The zero-order chi connectivity index (χ0) is 24.5. The highest BCUT2D eigenvalue weighted by molar-refractivity contribution is 6.09. The molecule has 3 heterocycles. The van der Waals surface area contributed by atoms with Crippen molar-refractivity contribution in [2.45, 2.75) is 58.7 Å². The number of ether oxygens (including phenoxy) is 3. The molecule has 0 spiro atoms. The molecule has 3 aliphatic rings. The lowest BCUT2D eigenvalue weighted by Crippen LogP contribution is -2.55. The molecule has 0 unspecified atom stereocenters. The highest BCUT2D eigenvalue weighted by Crippen LogP contribution is 2.40. The second-order valence-corrected chi connectivity index (χ2v) is 9.56. The van der Waals surface area contributed by atoms with Crippen molar-refractivity contribution >= 4 is 35.3 Å². The van der Waals surface area contributed by atoms with E-state index in [1.807, 2.05) is 57.7 Å². The van der Waals surface area contributed by atoms with Gasteiger partial charge < -0.3 is 29.3 Å². The second-order valence-electron chi connectivity index (χ2n) is 9.56. The molecule has 2 N–H and O–H groups in total. The van der Waals surface area contributed by atoms with E-state index in [2.05, 4.69) is 15.8 Å². The predicted octanol–water partition coefficient (Wildman–Crippen LogP) is 3.15. The van der Waals surface area contributed by atoms with E-state index in [1.165, 1.54) is 0 Å². The van der Waals surface area contributed by atoms with Crippen molar-refractivity contribution < 1.29 is 23.8 Å². The predicted molar refractivity (Wildman–Crippen MR) is 130 cm³/mol. The van der Waals surface area contributed by atoms with Crippen LogP contribution in [0.5, 0.6) is 5.75 Å². The van der Waals surface area contributed by atoms with Crippen molar-refractivity contribution in [3.8, 4) is 5.75 Å². The minimum atomic E-state index is -0.533. The average Bonchev–Trinajstić information content (AvgIpc) is 3.24. The summed E-state index contributed by atoms with van der Waals surface area (Å²) >= 11 is 0. The van der Waals surface area contributed by atoms with Crippen LogP contribution in [-0.4, -0.2) is 66.7 Å². The van der Waals surface area contributed by atoms with Crippen molar-refractivity contribution in [3.05, 3.63) is 24.0 Å². The van der Waals surface area contributed by atoms with Crippen LogP contribution in [0.2, 0.25) is 0 Å². The lowest BCUT2D eigenvalue weighted by molar-refractivity contribution is -0.122. The standard InChI is InChI=1S/C24H33N5O5/c1-6-32-10-8-16-11-20-19(29-15(2)22(30)27-26-21(29)14-33-20)12-18(16)25-17-7-9-28(13-17)23(31)34-24(3,4)5/h8,10-12,15,17,25H,6-7,9,13-14H2,1-5H3,(H,27,30)/t15-,17-/m1/s1. The number of fused-ring (bicyclic) bond motifs is 3. The van der Waals surface area contributed by atoms with Crippen LogP contribution in [-0.2, 0) is 14.3 Å². The fourth-order valence-electron chi connectivity index (χ4n) is 4.16. The number of hydrogen-bond acceptors (Lipinski definition) is 8. The van der Waals surface area contributed by atoms with Gasteiger partial charge in [-0.05, 0) is 59.2 Å². The van der Waals surface area contributed by atoms with Crippen LogP contribution < -0.4 is 20.4 Å². The van der Waals surface area contributed by atoms with Gasteiger partial charge in [0.1, 0.15) is 24.0 Å². The van der Waals surface area contributed by atoms with Gasteiger partial charge in [0, 0.05) is 30.4 Å². The van der Waals surface area contributed by atoms with Gasteiger partial charge in [0.05, 0.1) is 18.6 Å². The summed E-state index contributed by atoms with van der Waals surface area (Å²) < 4.78 is 16.9. The van der Waals surface area contributed by atoms with E-state index in [1.54, 1.807) is 11.2 Å². The number of nitrogens with one attached hydrogen (secondary N) is 2. The van der Waals surface area contributed by atoms with Crippen molar-refractivity contribution in [3.63, 3.8) is 0 Å². The SMILES string of the molecule is CCOC=Cc1cc2c(cc1N[C@@H]1CCN(C(=O)OC(C)(C)C)C1)N1C(=NNC(=O)[C@H]1C)CO2. The van der Waals surface area contributed by atoms with Crippen LogP contribution in [0, 0.1) is 0 Å². The molecule has 1 aromatic rings. The average molecular weight is 472 g/mol. The second kappa shape index (κ2) is 9.44. The van der Waals surface area contributed by atoms with Crippen molar-refractivity contribution in [1.29, 1.82) is 0 Å². The Balaban J connectivity index is 1.60.